The first-order valence-electron chi connectivity index (χ1n) is 4.63. The molecule has 3 nitrogen and oxygen atoms in total. The lowest BCUT2D eigenvalue weighted by molar-refractivity contribution is 0.103. The zero-order chi connectivity index (χ0) is 10.7. The van der Waals surface area contributed by atoms with Crippen LogP contribution in [0.1, 0.15) is 15.9 Å². The molecule has 1 aromatic heterocycles. The number of hydrogen-bond acceptors (Lipinski definition) is 2. The third kappa shape index (κ3) is 1.91. The Balaban J connectivity index is 2.27. The summed E-state index contributed by atoms with van der Waals surface area (Å²) in [7, 11) is 1.60. The van der Waals surface area contributed by atoms with Gasteiger partial charge in [-0.25, -0.2) is 0 Å². The van der Waals surface area contributed by atoms with E-state index in [9.17, 15) is 4.79 Å². The van der Waals surface area contributed by atoms with Crippen molar-refractivity contribution in [3.05, 3.63) is 53.9 Å². The van der Waals surface area contributed by atoms with Crippen LogP contribution in [0.4, 0.5) is 0 Å². The summed E-state index contributed by atoms with van der Waals surface area (Å²) in [6.45, 7) is 0. The monoisotopic (exact) mass is 201 g/mol. The largest absolute Gasteiger partial charge is 0.497 e. The predicted octanol–water partition coefficient (Wildman–Crippen LogP) is 2.25. The van der Waals surface area contributed by atoms with Crippen LogP contribution < -0.4 is 4.74 Å². The van der Waals surface area contributed by atoms with Crippen molar-refractivity contribution in [3.63, 3.8) is 0 Å². The molecule has 0 aliphatic rings. The molecule has 1 heterocycles. The van der Waals surface area contributed by atoms with Crippen molar-refractivity contribution in [3.8, 4) is 5.75 Å². The van der Waals surface area contributed by atoms with Gasteiger partial charge in [-0.2, -0.15) is 0 Å². The fourth-order valence-electron chi connectivity index (χ4n) is 1.37. The average Bonchev–Trinajstić information content (AvgIpc) is 2.82. The van der Waals surface area contributed by atoms with Crippen LogP contribution in [0.15, 0.2) is 42.7 Å². The predicted molar refractivity (Wildman–Crippen MR) is 57.2 cm³/mol. The average molecular weight is 201 g/mol. The fraction of sp³-hybridized carbons (Fsp3) is 0.0833. The smallest absolute Gasteiger partial charge is 0.194 e. The van der Waals surface area contributed by atoms with Crippen molar-refractivity contribution in [2.45, 2.75) is 0 Å². The van der Waals surface area contributed by atoms with Gasteiger partial charge in [0.1, 0.15) is 5.75 Å². The molecular formula is C12H11NO2. The minimum absolute atomic E-state index is 0.0129. The van der Waals surface area contributed by atoms with Crippen LogP contribution in [0, 0.1) is 0 Å². The van der Waals surface area contributed by atoms with Crippen LogP contribution in [0.5, 0.6) is 5.75 Å². The number of ketones is 1. The molecule has 0 fully saturated rings. The van der Waals surface area contributed by atoms with Gasteiger partial charge in [-0.1, -0.05) is 0 Å². The van der Waals surface area contributed by atoms with Gasteiger partial charge in [0.2, 0.25) is 0 Å². The minimum atomic E-state index is 0.0129. The quantitative estimate of drug-likeness (QED) is 0.774. The Morgan fingerprint density at radius 2 is 1.87 bits per heavy atom. The highest BCUT2D eigenvalue weighted by molar-refractivity contribution is 6.08. The highest BCUT2D eigenvalue weighted by atomic mass is 16.5. The van der Waals surface area contributed by atoms with Gasteiger partial charge in [0, 0.05) is 23.5 Å². The number of aromatic amines is 1. The Bertz CT molecular complexity index is 443. The molecular weight excluding hydrogens is 190 g/mol. The molecule has 3 heteroatoms. The van der Waals surface area contributed by atoms with Crippen LogP contribution in [-0.2, 0) is 0 Å². The third-order valence-corrected chi connectivity index (χ3v) is 2.21. The summed E-state index contributed by atoms with van der Waals surface area (Å²) in [4.78, 5) is 14.7. The number of methoxy groups -OCH3 is 1. The maximum Gasteiger partial charge on any atom is 0.194 e. The number of benzene rings is 1. The molecule has 0 saturated heterocycles. The molecule has 0 spiro atoms. The Morgan fingerprint density at radius 3 is 2.40 bits per heavy atom. The van der Waals surface area contributed by atoms with Crippen molar-refractivity contribution in [1.29, 1.82) is 0 Å². The Hall–Kier alpha value is -2.03. The summed E-state index contributed by atoms with van der Waals surface area (Å²) in [6, 6.07) is 8.83. The first-order chi connectivity index (χ1) is 7.31. The zero-order valence-electron chi connectivity index (χ0n) is 8.36. The van der Waals surface area contributed by atoms with E-state index < -0.39 is 0 Å². The summed E-state index contributed by atoms with van der Waals surface area (Å²) in [5, 5.41) is 0. The van der Waals surface area contributed by atoms with E-state index in [0.29, 0.717) is 11.1 Å². The molecule has 0 atom stereocenters. The standard InChI is InChI=1S/C12H11NO2/c1-15-11-4-2-9(3-5-11)12(14)10-6-7-13-8-10/h2-8,13H,1H3. The summed E-state index contributed by atoms with van der Waals surface area (Å²) in [6.07, 6.45) is 3.42. The molecule has 0 aliphatic carbocycles. The number of rotatable bonds is 3. The van der Waals surface area contributed by atoms with Crippen molar-refractivity contribution in [2.75, 3.05) is 7.11 Å². The van der Waals surface area contributed by atoms with E-state index in [1.807, 2.05) is 0 Å². The van der Waals surface area contributed by atoms with Gasteiger partial charge in [0.15, 0.2) is 5.78 Å². The summed E-state index contributed by atoms with van der Waals surface area (Å²) >= 11 is 0. The van der Waals surface area contributed by atoms with Gasteiger partial charge < -0.3 is 9.72 Å². The van der Waals surface area contributed by atoms with Crippen molar-refractivity contribution < 1.29 is 9.53 Å². The molecule has 0 aliphatic heterocycles. The molecule has 0 saturated carbocycles. The van der Waals surface area contributed by atoms with Crippen LogP contribution in [0.2, 0.25) is 0 Å². The molecule has 1 N–H and O–H groups in total. The fourth-order valence-corrected chi connectivity index (χ4v) is 1.37. The zero-order valence-corrected chi connectivity index (χ0v) is 8.36. The van der Waals surface area contributed by atoms with Gasteiger partial charge in [-0.3, -0.25) is 4.79 Å². The maximum atomic E-state index is 11.8. The SMILES string of the molecule is COc1ccc(C(=O)c2cc[nH]c2)cc1. The highest BCUT2D eigenvalue weighted by Crippen LogP contribution is 2.14. The molecule has 0 amide bonds. The van der Waals surface area contributed by atoms with E-state index in [0.717, 1.165) is 5.75 Å². The van der Waals surface area contributed by atoms with E-state index in [4.69, 9.17) is 4.74 Å². The van der Waals surface area contributed by atoms with Gasteiger partial charge in [-0.05, 0) is 30.3 Å². The second-order valence-electron chi connectivity index (χ2n) is 3.16. The van der Waals surface area contributed by atoms with Crippen molar-refractivity contribution in [2.24, 2.45) is 0 Å². The van der Waals surface area contributed by atoms with Gasteiger partial charge in [0.25, 0.3) is 0 Å². The lowest BCUT2D eigenvalue weighted by Gasteiger charge is -2.01. The number of H-pyrrole nitrogens is 1. The van der Waals surface area contributed by atoms with Crippen molar-refractivity contribution >= 4 is 5.78 Å². The lowest BCUT2D eigenvalue weighted by atomic mass is 10.1. The number of aromatic nitrogens is 1. The molecule has 0 radical (unpaired) electrons. The van der Waals surface area contributed by atoms with Crippen LogP contribution in [0.3, 0.4) is 0 Å². The number of hydrogen-bond donors (Lipinski definition) is 1. The van der Waals surface area contributed by atoms with Crippen LogP contribution in [0.25, 0.3) is 0 Å². The number of nitrogens with one attached hydrogen (secondary N) is 1. The topological polar surface area (TPSA) is 42.1 Å². The summed E-state index contributed by atoms with van der Waals surface area (Å²) in [5.41, 5.74) is 1.33. The minimum Gasteiger partial charge on any atom is -0.497 e. The van der Waals surface area contributed by atoms with E-state index in [1.54, 1.807) is 49.8 Å². The highest BCUT2D eigenvalue weighted by Gasteiger charge is 2.08. The van der Waals surface area contributed by atoms with Crippen LogP contribution in [-0.4, -0.2) is 17.9 Å². The first kappa shape index (κ1) is 9.52. The molecule has 2 aromatic rings. The normalized spacial score (nSPS) is 9.93. The number of ether oxygens (including phenoxy) is 1. The van der Waals surface area contributed by atoms with Gasteiger partial charge in [0.05, 0.1) is 7.11 Å². The van der Waals surface area contributed by atoms with E-state index >= 15 is 0 Å². The lowest BCUT2D eigenvalue weighted by Crippen LogP contribution is -1.99. The van der Waals surface area contributed by atoms with Gasteiger partial charge in [-0.15, -0.1) is 0 Å². The number of carbonyl (C=O) groups is 1. The summed E-state index contributed by atoms with van der Waals surface area (Å²) in [5.74, 6) is 0.763. The molecule has 1 aromatic carbocycles. The Kier molecular flexibility index (Phi) is 2.54. The second-order valence-corrected chi connectivity index (χ2v) is 3.16. The van der Waals surface area contributed by atoms with E-state index in [1.165, 1.54) is 0 Å². The maximum absolute atomic E-state index is 11.8. The molecule has 2 rings (SSSR count). The Morgan fingerprint density at radius 1 is 1.13 bits per heavy atom. The van der Waals surface area contributed by atoms with E-state index in [-0.39, 0.29) is 5.78 Å². The summed E-state index contributed by atoms with van der Waals surface area (Å²) < 4.78 is 5.02. The molecule has 15 heavy (non-hydrogen) atoms. The van der Waals surface area contributed by atoms with E-state index in [2.05, 4.69) is 4.98 Å². The van der Waals surface area contributed by atoms with Crippen molar-refractivity contribution in [1.82, 2.24) is 4.98 Å². The van der Waals surface area contributed by atoms with Crippen LogP contribution >= 0.6 is 0 Å². The van der Waals surface area contributed by atoms with Gasteiger partial charge >= 0.3 is 0 Å². The first-order valence-corrected chi connectivity index (χ1v) is 4.63. The number of carbonyl (C=O) groups excluding carboxylic acids is 1. The molecule has 0 unspecified atom stereocenters. The molecule has 76 valence electrons. The Labute approximate surface area is 87.7 Å². The second kappa shape index (κ2) is 4.00. The molecule has 0 bridgehead atoms. The third-order valence-electron chi connectivity index (χ3n) is 2.21.